The quantitative estimate of drug-likeness (QED) is 0.0345. The molecular formula is C65H114O5. The van der Waals surface area contributed by atoms with Crippen LogP contribution in [0.5, 0.6) is 0 Å². The molecule has 0 aromatic heterocycles. The molecule has 1 atom stereocenters. The number of hydrogen-bond acceptors (Lipinski definition) is 5. The minimum absolute atomic E-state index is 0.0439. The van der Waals surface area contributed by atoms with Crippen molar-refractivity contribution in [1.29, 1.82) is 0 Å². The highest BCUT2D eigenvalue weighted by atomic mass is 16.6. The lowest BCUT2D eigenvalue weighted by molar-refractivity contribution is -0.162. The largest absolute Gasteiger partial charge is 0.462 e. The summed E-state index contributed by atoms with van der Waals surface area (Å²) in [7, 11) is 0. The highest BCUT2D eigenvalue weighted by molar-refractivity contribution is 5.70. The van der Waals surface area contributed by atoms with Crippen LogP contribution in [0.3, 0.4) is 0 Å². The van der Waals surface area contributed by atoms with Crippen molar-refractivity contribution in [2.75, 3.05) is 19.8 Å². The zero-order chi connectivity index (χ0) is 50.6. The Labute approximate surface area is 435 Å². The van der Waals surface area contributed by atoms with Crippen LogP contribution in [0.2, 0.25) is 0 Å². The summed E-state index contributed by atoms with van der Waals surface area (Å²) >= 11 is 0. The van der Waals surface area contributed by atoms with Gasteiger partial charge in [0.25, 0.3) is 0 Å². The summed E-state index contributed by atoms with van der Waals surface area (Å²) in [6.45, 7) is 7.73. The lowest BCUT2D eigenvalue weighted by Crippen LogP contribution is -2.30. The average molecular weight is 976 g/mol. The fourth-order valence-electron chi connectivity index (χ4n) is 8.41. The molecule has 0 saturated carbocycles. The van der Waals surface area contributed by atoms with Crippen molar-refractivity contribution in [3.63, 3.8) is 0 Å². The molecule has 0 amide bonds. The monoisotopic (exact) mass is 975 g/mol. The van der Waals surface area contributed by atoms with Crippen LogP contribution in [0.15, 0.2) is 85.1 Å². The highest BCUT2D eigenvalue weighted by Gasteiger charge is 2.17. The molecule has 0 N–H and O–H groups in total. The zero-order valence-corrected chi connectivity index (χ0v) is 46.5. The van der Waals surface area contributed by atoms with Gasteiger partial charge in [-0.25, -0.2) is 0 Å². The van der Waals surface area contributed by atoms with E-state index in [4.69, 9.17) is 14.2 Å². The van der Waals surface area contributed by atoms with Gasteiger partial charge in [-0.05, 0) is 89.9 Å². The van der Waals surface area contributed by atoms with Gasteiger partial charge < -0.3 is 14.2 Å². The third-order valence-corrected chi connectivity index (χ3v) is 12.9. The van der Waals surface area contributed by atoms with Crippen LogP contribution in [0.25, 0.3) is 0 Å². The van der Waals surface area contributed by atoms with Crippen LogP contribution in [0, 0.1) is 0 Å². The Balaban J connectivity index is 4.38. The molecule has 0 aliphatic carbocycles. The molecule has 5 heteroatoms. The first-order chi connectivity index (χ1) is 34.6. The van der Waals surface area contributed by atoms with Crippen molar-refractivity contribution in [3.05, 3.63) is 85.1 Å². The Kier molecular flexibility index (Phi) is 57.9. The van der Waals surface area contributed by atoms with E-state index in [1.807, 2.05) is 6.08 Å². The maximum atomic E-state index is 12.9. The summed E-state index contributed by atoms with van der Waals surface area (Å²) in [5.41, 5.74) is 0. The van der Waals surface area contributed by atoms with Gasteiger partial charge in [0.05, 0.1) is 6.61 Å². The maximum Gasteiger partial charge on any atom is 0.306 e. The standard InChI is InChI=1S/C65H114O5/c1-4-7-10-13-16-19-22-25-28-31-33-35-37-40-43-46-49-52-55-58-64(66)69-62-63(61-68-60-57-54-51-48-45-42-39-30-27-24-21-18-15-12-9-6-3)70-65(67)59-56-53-50-47-44-41-38-36-34-32-29-26-23-20-17-14-11-8-5-2/h16-17,19-20,25-26,28-29,33,35,40,43,49,52,63H,4-15,18,21-24,27,30-32,34,36-39,41-42,44-48,50-51,53-62H2,1-3H3/b19-16-,20-17-,28-25-,29-26-,35-33-,43-40-,52-49-/t63-/m1/s1. The maximum absolute atomic E-state index is 12.9. The van der Waals surface area contributed by atoms with E-state index < -0.39 is 6.10 Å². The van der Waals surface area contributed by atoms with Crippen LogP contribution < -0.4 is 0 Å². The average Bonchev–Trinajstić information content (AvgIpc) is 3.36. The van der Waals surface area contributed by atoms with Crippen molar-refractivity contribution in [1.82, 2.24) is 0 Å². The van der Waals surface area contributed by atoms with Gasteiger partial charge in [0.1, 0.15) is 6.61 Å². The van der Waals surface area contributed by atoms with E-state index in [9.17, 15) is 9.59 Å². The van der Waals surface area contributed by atoms with Crippen LogP contribution in [-0.2, 0) is 23.8 Å². The smallest absolute Gasteiger partial charge is 0.306 e. The number of carbonyl (C=O) groups is 2. The fraction of sp³-hybridized carbons (Fsp3) is 0.754. The van der Waals surface area contributed by atoms with Gasteiger partial charge in [-0.1, -0.05) is 273 Å². The molecule has 0 bridgehead atoms. The van der Waals surface area contributed by atoms with Crippen LogP contribution in [-0.4, -0.2) is 37.9 Å². The molecule has 0 spiro atoms. The van der Waals surface area contributed by atoms with Gasteiger partial charge in [0.2, 0.25) is 0 Å². The third kappa shape index (κ3) is 57.7. The molecular weight excluding hydrogens is 861 g/mol. The van der Waals surface area contributed by atoms with Crippen molar-refractivity contribution in [3.8, 4) is 0 Å². The third-order valence-electron chi connectivity index (χ3n) is 12.9. The summed E-state index contributed by atoms with van der Waals surface area (Å²) in [5.74, 6) is -0.488. The molecule has 0 radical (unpaired) electrons. The number of carbonyl (C=O) groups excluding carboxylic acids is 2. The van der Waals surface area contributed by atoms with Crippen molar-refractivity contribution in [2.45, 2.75) is 297 Å². The molecule has 0 saturated heterocycles. The molecule has 0 heterocycles. The number of hydrogen-bond donors (Lipinski definition) is 0. The Morgan fingerprint density at radius 1 is 0.314 bits per heavy atom. The summed E-state index contributed by atoms with van der Waals surface area (Å²) in [6.07, 6.45) is 80.5. The SMILES string of the molecule is CCCCC/C=C\C/C=C\C/C=C\C/C=C\C/C=C\CCC(=O)OC[C@@H](COCCCCCCCCCCCCCCCCCC)OC(=O)CCCCCCCCCCC/C=C\C/C=C\CCCCC. The Hall–Kier alpha value is -2.92. The molecule has 0 rings (SSSR count). The first-order valence-corrected chi connectivity index (χ1v) is 30.1. The minimum atomic E-state index is -0.571. The van der Waals surface area contributed by atoms with E-state index in [1.165, 1.54) is 186 Å². The van der Waals surface area contributed by atoms with Crippen molar-refractivity contribution < 1.29 is 23.8 Å². The predicted octanol–water partition coefficient (Wildman–Crippen LogP) is 20.8. The lowest BCUT2D eigenvalue weighted by Gasteiger charge is -2.18. The molecule has 70 heavy (non-hydrogen) atoms. The van der Waals surface area contributed by atoms with Gasteiger partial charge in [0, 0.05) is 19.4 Å². The van der Waals surface area contributed by atoms with E-state index >= 15 is 0 Å². The molecule has 0 aliphatic heterocycles. The van der Waals surface area contributed by atoms with E-state index in [-0.39, 0.29) is 25.2 Å². The van der Waals surface area contributed by atoms with E-state index in [0.717, 1.165) is 64.2 Å². The Morgan fingerprint density at radius 2 is 0.629 bits per heavy atom. The highest BCUT2D eigenvalue weighted by Crippen LogP contribution is 2.16. The molecule has 0 unspecified atom stereocenters. The van der Waals surface area contributed by atoms with Crippen LogP contribution in [0.1, 0.15) is 290 Å². The molecule has 0 aromatic carbocycles. The van der Waals surface area contributed by atoms with E-state index in [2.05, 4.69) is 99.8 Å². The van der Waals surface area contributed by atoms with Gasteiger partial charge >= 0.3 is 11.9 Å². The van der Waals surface area contributed by atoms with Gasteiger partial charge in [-0.3, -0.25) is 9.59 Å². The Morgan fingerprint density at radius 3 is 1.04 bits per heavy atom. The minimum Gasteiger partial charge on any atom is -0.462 e. The molecule has 0 fully saturated rings. The second-order valence-corrected chi connectivity index (χ2v) is 19.9. The second kappa shape index (κ2) is 60.4. The number of esters is 2. The second-order valence-electron chi connectivity index (χ2n) is 19.9. The van der Waals surface area contributed by atoms with Crippen molar-refractivity contribution in [2.24, 2.45) is 0 Å². The molecule has 0 aromatic rings. The van der Waals surface area contributed by atoms with Gasteiger partial charge in [-0.2, -0.15) is 0 Å². The summed E-state index contributed by atoms with van der Waals surface area (Å²) in [5, 5.41) is 0. The predicted molar refractivity (Wildman–Crippen MR) is 307 cm³/mol. The number of ether oxygens (including phenoxy) is 3. The topological polar surface area (TPSA) is 61.8 Å². The Bertz CT molecular complexity index is 1290. The molecule has 0 aliphatic rings. The van der Waals surface area contributed by atoms with E-state index in [1.54, 1.807) is 0 Å². The molecule has 404 valence electrons. The fourth-order valence-corrected chi connectivity index (χ4v) is 8.41. The van der Waals surface area contributed by atoms with Gasteiger partial charge in [0.15, 0.2) is 6.10 Å². The first kappa shape index (κ1) is 67.1. The number of rotatable bonds is 55. The van der Waals surface area contributed by atoms with Crippen LogP contribution >= 0.6 is 0 Å². The van der Waals surface area contributed by atoms with Crippen LogP contribution in [0.4, 0.5) is 0 Å². The first-order valence-electron chi connectivity index (χ1n) is 30.1. The van der Waals surface area contributed by atoms with Crippen molar-refractivity contribution >= 4 is 11.9 Å². The summed E-state index contributed by atoms with van der Waals surface area (Å²) in [4.78, 5) is 25.5. The zero-order valence-electron chi connectivity index (χ0n) is 46.5. The van der Waals surface area contributed by atoms with E-state index in [0.29, 0.717) is 25.9 Å². The van der Waals surface area contributed by atoms with Gasteiger partial charge in [-0.15, -0.1) is 0 Å². The lowest BCUT2D eigenvalue weighted by atomic mass is 10.0. The number of allylic oxidation sites excluding steroid dienone is 14. The normalized spacial score (nSPS) is 12.8. The molecule has 5 nitrogen and oxygen atoms in total. The summed E-state index contributed by atoms with van der Waals surface area (Å²) in [6, 6.07) is 0. The summed E-state index contributed by atoms with van der Waals surface area (Å²) < 4.78 is 17.4. The number of unbranched alkanes of at least 4 members (excludes halogenated alkanes) is 30.